The molecule has 0 saturated heterocycles. The maximum Gasteiger partial charge on any atom is 0.387 e. The predicted molar refractivity (Wildman–Crippen MR) is 49.7 cm³/mol. The summed E-state index contributed by atoms with van der Waals surface area (Å²) in [6.45, 7) is 0.436. The number of halogens is 2. The number of benzene rings is 1. The zero-order chi connectivity index (χ0) is 11.4. The van der Waals surface area contributed by atoms with Crippen LogP contribution in [0.5, 0.6) is 5.75 Å². The lowest BCUT2D eigenvalue weighted by Crippen LogP contribution is -2.02. The minimum absolute atomic E-state index is 0.0214. The monoisotopic (exact) mass is 214 g/mol. The molecule has 5 heteroatoms. The SMILES string of the molecule is C=C(C(=O)O)c1ccc(OC(F)F)cc1. The van der Waals surface area contributed by atoms with Gasteiger partial charge in [-0.15, -0.1) is 0 Å². The van der Waals surface area contributed by atoms with Crippen molar-refractivity contribution in [2.24, 2.45) is 0 Å². The lowest BCUT2D eigenvalue weighted by molar-refractivity contribution is -0.130. The van der Waals surface area contributed by atoms with Crippen molar-refractivity contribution >= 4 is 11.5 Å². The molecule has 0 fully saturated rings. The van der Waals surface area contributed by atoms with E-state index in [4.69, 9.17) is 5.11 Å². The summed E-state index contributed by atoms with van der Waals surface area (Å²) in [5.41, 5.74) is 0.253. The van der Waals surface area contributed by atoms with Crippen LogP contribution in [0.4, 0.5) is 8.78 Å². The van der Waals surface area contributed by atoms with Crippen LogP contribution >= 0.6 is 0 Å². The molecule has 0 bridgehead atoms. The third kappa shape index (κ3) is 3.05. The van der Waals surface area contributed by atoms with Gasteiger partial charge in [0.2, 0.25) is 0 Å². The van der Waals surface area contributed by atoms with Crippen LogP contribution in [0, 0.1) is 0 Å². The van der Waals surface area contributed by atoms with Crippen LogP contribution in [0.25, 0.3) is 5.57 Å². The van der Waals surface area contributed by atoms with E-state index in [1.165, 1.54) is 24.3 Å². The van der Waals surface area contributed by atoms with Crippen LogP contribution in [0.1, 0.15) is 5.56 Å². The van der Waals surface area contributed by atoms with Crippen LogP contribution in [0.3, 0.4) is 0 Å². The van der Waals surface area contributed by atoms with Crippen molar-refractivity contribution in [1.29, 1.82) is 0 Å². The molecule has 0 spiro atoms. The highest BCUT2D eigenvalue weighted by Gasteiger charge is 2.08. The van der Waals surface area contributed by atoms with E-state index in [-0.39, 0.29) is 11.3 Å². The molecule has 1 rings (SSSR count). The first-order valence-corrected chi connectivity index (χ1v) is 3.98. The van der Waals surface area contributed by atoms with Gasteiger partial charge < -0.3 is 9.84 Å². The molecule has 1 aromatic carbocycles. The number of aliphatic carboxylic acids is 1. The molecule has 3 nitrogen and oxygen atoms in total. The molecule has 80 valence electrons. The largest absolute Gasteiger partial charge is 0.478 e. The molecule has 1 N–H and O–H groups in total. The van der Waals surface area contributed by atoms with E-state index in [1.807, 2.05) is 0 Å². The topological polar surface area (TPSA) is 46.5 Å². The zero-order valence-electron chi connectivity index (χ0n) is 7.61. The number of hydrogen-bond donors (Lipinski definition) is 1. The highest BCUT2D eigenvalue weighted by atomic mass is 19.3. The highest BCUT2D eigenvalue weighted by molar-refractivity contribution is 6.14. The number of carbonyl (C=O) groups is 1. The van der Waals surface area contributed by atoms with Gasteiger partial charge in [0.05, 0.1) is 5.57 Å². The quantitative estimate of drug-likeness (QED) is 0.782. The van der Waals surface area contributed by atoms with E-state index in [9.17, 15) is 13.6 Å². The van der Waals surface area contributed by atoms with Crippen molar-refractivity contribution in [3.8, 4) is 5.75 Å². The summed E-state index contributed by atoms with van der Waals surface area (Å²) in [5, 5.41) is 8.60. The molecule has 0 aliphatic heterocycles. The minimum atomic E-state index is -2.89. The summed E-state index contributed by atoms with van der Waals surface area (Å²) in [5.74, 6) is -1.18. The normalized spacial score (nSPS) is 10.1. The molecule has 0 aliphatic rings. The van der Waals surface area contributed by atoms with E-state index in [2.05, 4.69) is 11.3 Å². The standard InChI is InChI=1S/C10H8F2O3/c1-6(9(13)14)7-2-4-8(5-3-7)15-10(11)12/h2-5,10H,1H2,(H,13,14). The predicted octanol–water partition coefficient (Wildman–Crippen LogP) is 2.39. The molecule has 0 aromatic heterocycles. The molecule has 0 atom stereocenters. The average molecular weight is 214 g/mol. The van der Waals surface area contributed by atoms with Gasteiger partial charge in [-0.2, -0.15) is 8.78 Å². The van der Waals surface area contributed by atoms with Crippen molar-refractivity contribution in [1.82, 2.24) is 0 Å². The maximum atomic E-state index is 11.8. The van der Waals surface area contributed by atoms with Gasteiger partial charge >= 0.3 is 12.6 Å². The lowest BCUT2D eigenvalue weighted by Gasteiger charge is -2.05. The van der Waals surface area contributed by atoms with Gasteiger partial charge in [-0.3, -0.25) is 0 Å². The average Bonchev–Trinajstić information content (AvgIpc) is 2.17. The van der Waals surface area contributed by atoms with Gasteiger partial charge in [0.25, 0.3) is 0 Å². The van der Waals surface area contributed by atoms with Crippen molar-refractivity contribution in [2.75, 3.05) is 0 Å². The Morgan fingerprint density at radius 2 is 1.87 bits per heavy atom. The fraction of sp³-hybridized carbons (Fsp3) is 0.100. The first-order chi connectivity index (χ1) is 7.00. The Labute approximate surface area is 84.6 Å². The summed E-state index contributed by atoms with van der Waals surface area (Å²) < 4.78 is 27.6. The maximum absolute atomic E-state index is 11.8. The summed E-state index contributed by atoms with van der Waals surface area (Å²) in [6.07, 6.45) is 0. The number of carboxylic acid groups (broad SMARTS) is 1. The molecule has 0 aliphatic carbocycles. The first-order valence-electron chi connectivity index (χ1n) is 3.98. The molecule has 0 saturated carbocycles. The Balaban J connectivity index is 2.81. The van der Waals surface area contributed by atoms with Gasteiger partial charge in [-0.1, -0.05) is 18.7 Å². The number of alkyl halides is 2. The zero-order valence-corrected chi connectivity index (χ0v) is 7.61. The Bertz CT molecular complexity index is 371. The number of ether oxygens (including phenoxy) is 1. The second-order valence-corrected chi connectivity index (χ2v) is 2.69. The molecule has 0 amide bonds. The molecule has 0 heterocycles. The summed E-state index contributed by atoms with van der Waals surface area (Å²) in [4.78, 5) is 10.5. The molecule has 15 heavy (non-hydrogen) atoms. The van der Waals surface area contributed by atoms with Gasteiger partial charge in [0, 0.05) is 0 Å². The molecule has 0 unspecified atom stereocenters. The number of rotatable bonds is 4. The van der Waals surface area contributed by atoms with Crippen molar-refractivity contribution in [2.45, 2.75) is 6.61 Å². The van der Waals surface area contributed by atoms with Crippen LogP contribution in [-0.4, -0.2) is 17.7 Å². The van der Waals surface area contributed by atoms with Gasteiger partial charge in [-0.05, 0) is 17.7 Å². The smallest absolute Gasteiger partial charge is 0.387 e. The Morgan fingerprint density at radius 3 is 2.27 bits per heavy atom. The first kappa shape index (κ1) is 11.2. The van der Waals surface area contributed by atoms with Crippen LogP contribution in [0.15, 0.2) is 30.8 Å². The molecule has 1 aromatic rings. The van der Waals surface area contributed by atoms with Crippen LogP contribution in [0.2, 0.25) is 0 Å². The fourth-order valence-corrected chi connectivity index (χ4v) is 0.961. The molecular weight excluding hydrogens is 206 g/mol. The minimum Gasteiger partial charge on any atom is -0.478 e. The van der Waals surface area contributed by atoms with Gasteiger partial charge in [0.15, 0.2) is 0 Å². The number of hydrogen-bond acceptors (Lipinski definition) is 2. The van der Waals surface area contributed by atoms with E-state index >= 15 is 0 Å². The van der Waals surface area contributed by atoms with Crippen molar-refractivity contribution in [3.63, 3.8) is 0 Å². The molecule has 0 radical (unpaired) electrons. The summed E-state index contributed by atoms with van der Waals surface area (Å²) >= 11 is 0. The Morgan fingerprint density at radius 1 is 1.33 bits per heavy atom. The highest BCUT2D eigenvalue weighted by Crippen LogP contribution is 2.19. The van der Waals surface area contributed by atoms with E-state index < -0.39 is 12.6 Å². The lowest BCUT2D eigenvalue weighted by atomic mass is 10.1. The van der Waals surface area contributed by atoms with Crippen molar-refractivity contribution in [3.05, 3.63) is 36.4 Å². The van der Waals surface area contributed by atoms with Gasteiger partial charge in [-0.25, -0.2) is 4.79 Å². The van der Waals surface area contributed by atoms with E-state index in [0.29, 0.717) is 5.56 Å². The second-order valence-electron chi connectivity index (χ2n) is 2.69. The Hall–Kier alpha value is -1.91. The summed E-state index contributed by atoms with van der Waals surface area (Å²) in [7, 11) is 0. The van der Waals surface area contributed by atoms with E-state index in [0.717, 1.165) is 0 Å². The third-order valence-corrected chi connectivity index (χ3v) is 1.69. The van der Waals surface area contributed by atoms with E-state index in [1.54, 1.807) is 0 Å². The Kier molecular flexibility index (Phi) is 3.38. The third-order valence-electron chi connectivity index (χ3n) is 1.69. The van der Waals surface area contributed by atoms with Gasteiger partial charge in [0.1, 0.15) is 5.75 Å². The molecular formula is C10H8F2O3. The van der Waals surface area contributed by atoms with Crippen LogP contribution < -0.4 is 4.74 Å². The second kappa shape index (κ2) is 4.54. The summed E-state index contributed by atoms with van der Waals surface area (Å²) in [6, 6.07) is 5.23. The fourth-order valence-electron chi connectivity index (χ4n) is 0.961. The van der Waals surface area contributed by atoms with Crippen molar-refractivity contribution < 1.29 is 23.4 Å². The van der Waals surface area contributed by atoms with Crippen LogP contribution in [-0.2, 0) is 4.79 Å². The number of carboxylic acids is 1.